The molecule has 3 aromatic rings. The number of rotatable bonds is 6. The van der Waals surface area contributed by atoms with E-state index in [-0.39, 0.29) is 11.8 Å². The second-order valence-corrected chi connectivity index (χ2v) is 8.13. The maximum Gasteiger partial charge on any atom is 0.274 e. The number of amides is 2. The van der Waals surface area contributed by atoms with Crippen molar-refractivity contribution >= 4 is 29.2 Å². The lowest BCUT2D eigenvalue weighted by Gasteiger charge is -2.34. The van der Waals surface area contributed by atoms with Crippen molar-refractivity contribution in [2.24, 2.45) is 0 Å². The summed E-state index contributed by atoms with van der Waals surface area (Å²) in [6.45, 7) is 5.28. The Bertz CT molecular complexity index is 1090. The lowest BCUT2D eigenvalue weighted by atomic mass is 10.2. The van der Waals surface area contributed by atoms with Gasteiger partial charge in [-0.25, -0.2) is 4.68 Å². The van der Waals surface area contributed by atoms with Gasteiger partial charge in [-0.2, -0.15) is 5.10 Å². The lowest BCUT2D eigenvalue weighted by Crippen LogP contribution is -2.48. The molecule has 32 heavy (non-hydrogen) atoms. The van der Waals surface area contributed by atoms with Crippen LogP contribution in [0.3, 0.4) is 0 Å². The Labute approximate surface area is 192 Å². The molecule has 1 fully saturated rings. The van der Waals surface area contributed by atoms with Crippen molar-refractivity contribution < 1.29 is 9.59 Å². The van der Waals surface area contributed by atoms with Crippen LogP contribution in [-0.4, -0.2) is 57.6 Å². The molecule has 1 N–H and O–H groups in total. The summed E-state index contributed by atoms with van der Waals surface area (Å²) in [5.74, 6) is 0.224. The molecule has 4 rings (SSSR count). The van der Waals surface area contributed by atoms with Gasteiger partial charge in [0.25, 0.3) is 5.91 Å². The first-order valence-corrected chi connectivity index (χ1v) is 11.1. The van der Waals surface area contributed by atoms with Crippen LogP contribution < -0.4 is 5.32 Å². The smallest absolute Gasteiger partial charge is 0.274 e. The molecule has 0 radical (unpaired) electrons. The molecule has 1 aliphatic rings. The van der Waals surface area contributed by atoms with Gasteiger partial charge < -0.3 is 10.2 Å². The van der Waals surface area contributed by atoms with Crippen LogP contribution in [0.4, 0.5) is 5.82 Å². The average molecular weight is 452 g/mol. The maximum absolute atomic E-state index is 13.2. The highest BCUT2D eigenvalue weighted by atomic mass is 35.5. The van der Waals surface area contributed by atoms with Crippen LogP contribution in [0, 0.1) is 0 Å². The Morgan fingerprint density at radius 2 is 1.69 bits per heavy atom. The number of nitrogens with one attached hydrogen (secondary N) is 1. The number of carbonyl (C=O) groups excluding carboxylic acids is 2. The molecule has 0 aliphatic carbocycles. The first kappa shape index (κ1) is 22.0. The molecule has 0 spiro atoms. The van der Waals surface area contributed by atoms with E-state index in [4.69, 9.17) is 11.6 Å². The van der Waals surface area contributed by atoms with Gasteiger partial charge in [0.15, 0.2) is 5.69 Å². The summed E-state index contributed by atoms with van der Waals surface area (Å²) in [4.78, 5) is 29.3. The number of halogens is 1. The second-order valence-electron chi connectivity index (χ2n) is 7.72. The Kier molecular flexibility index (Phi) is 6.87. The zero-order valence-electron chi connectivity index (χ0n) is 18.0. The van der Waals surface area contributed by atoms with Gasteiger partial charge >= 0.3 is 0 Å². The van der Waals surface area contributed by atoms with E-state index in [1.54, 1.807) is 17.7 Å². The minimum Gasteiger partial charge on any atom is -0.335 e. The van der Waals surface area contributed by atoms with Gasteiger partial charge in [0.2, 0.25) is 5.91 Å². The molecule has 0 bridgehead atoms. The van der Waals surface area contributed by atoms with E-state index in [0.717, 1.165) is 35.9 Å². The molecule has 7 nitrogen and oxygen atoms in total. The van der Waals surface area contributed by atoms with Gasteiger partial charge in [-0.3, -0.25) is 14.5 Å². The van der Waals surface area contributed by atoms with E-state index in [1.807, 2.05) is 59.5 Å². The summed E-state index contributed by atoms with van der Waals surface area (Å²) in [7, 11) is 0. The monoisotopic (exact) mass is 451 g/mol. The topological polar surface area (TPSA) is 70.5 Å². The molecule has 0 unspecified atom stereocenters. The zero-order chi connectivity index (χ0) is 22.5. The normalized spacial score (nSPS) is 14.4. The molecule has 1 aromatic heterocycles. The molecule has 2 amide bonds. The Morgan fingerprint density at radius 3 is 2.38 bits per heavy atom. The Balaban J connectivity index is 1.46. The fourth-order valence-electron chi connectivity index (χ4n) is 3.71. The number of piperazine rings is 1. The zero-order valence-corrected chi connectivity index (χ0v) is 18.8. The summed E-state index contributed by atoms with van der Waals surface area (Å²) < 4.78 is 1.61. The third kappa shape index (κ3) is 5.00. The Morgan fingerprint density at radius 1 is 1.00 bits per heavy atom. The molecule has 0 saturated carbocycles. The highest BCUT2D eigenvalue weighted by Gasteiger charge is 2.25. The number of para-hydroxylation sites is 1. The van der Waals surface area contributed by atoms with Crippen molar-refractivity contribution in [3.05, 3.63) is 76.9 Å². The van der Waals surface area contributed by atoms with Crippen LogP contribution in [0.1, 0.15) is 29.4 Å². The van der Waals surface area contributed by atoms with Crippen molar-refractivity contribution in [1.29, 1.82) is 0 Å². The summed E-state index contributed by atoms with van der Waals surface area (Å²) in [6.07, 6.45) is 0.344. The maximum atomic E-state index is 13.2. The summed E-state index contributed by atoms with van der Waals surface area (Å²) >= 11 is 6.29. The SMILES string of the molecule is CCC(=O)Nc1cc(C(=O)N2CCN(Cc3ccccc3Cl)CC2)nn1-c1ccccc1. The van der Waals surface area contributed by atoms with Crippen LogP contribution in [-0.2, 0) is 11.3 Å². The highest BCUT2D eigenvalue weighted by Crippen LogP contribution is 2.21. The van der Waals surface area contributed by atoms with E-state index < -0.39 is 0 Å². The van der Waals surface area contributed by atoms with Crippen LogP contribution in [0.25, 0.3) is 5.69 Å². The van der Waals surface area contributed by atoms with Crippen molar-refractivity contribution in [3.63, 3.8) is 0 Å². The van der Waals surface area contributed by atoms with Crippen LogP contribution >= 0.6 is 11.6 Å². The molecular formula is C24H26ClN5O2. The van der Waals surface area contributed by atoms with Gasteiger partial charge in [-0.1, -0.05) is 54.9 Å². The van der Waals surface area contributed by atoms with E-state index >= 15 is 0 Å². The first-order chi connectivity index (χ1) is 15.5. The molecule has 2 heterocycles. The largest absolute Gasteiger partial charge is 0.335 e. The fourth-order valence-corrected chi connectivity index (χ4v) is 3.91. The van der Waals surface area contributed by atoms with E-state index in [0.29, 0.717) is 31.0 Å². The summed E-state index contributed by atoms with van der Waals surface area (Å²) in [6, 6.07) is 18.9. The lowest BCUT2D eigenvalue weighted by molar-refractivity contribution is -0.115. The molecule has 8 heteroatoms. The van der Waals surface area contributed by atoms with E-state index in [1.165, 1.54) is 0 Å². The summed E-state index contributed by atoms with van der Waals surface area (Å²) in [5.41, 5.74) is 2.19. The van der Waals surface area contributed by atoms with Crippen molar-refractivity contribution in [2.75, 3.05) is 31.5 Å². The Hall–Kier alpha value is -3.16. The van der Waals surface area contributed by atoms with E-state index in [9.17, 15) is 9.59 Å². The van der Waals surface area contributed by atoms with Crippen molar-refractivity contribution in [1.82, 2.24) is 19.6 Å². The number of nitrogens with zero attached hydrogens (tertiary/aromatic N) is 4. The fraction of sp³-hybridized carbons (Fsp3) is 0.292. The molecule has 1 saturated heterocycles. The third-order valence-corrected chi connectivity index (χ3v) is 5.90. The predicted octanol–water partition coefficient (Wildman–Crippen LogP) is 3.83. The number of benzene rings is 2. The molecule has 166 valence electrons. The van der Waals surface area contributed by atoms with Crippen molar-refractivity contribution in [2.45, 2.75) is 19.9 Å². The van der Waals surface area contributed by atoms with Crippen LogP contribution in [0.2, 0.25) is 5.02 Å². The van der Waals surface area contributed by atoms with Crippen LogP contribution in [0.5, 0.6) is 0 Å². The number of hydrogen-bond donors (Lipinski definition) is 1. The minimum atomic E-state index is -0.135. The van der Waals surface area contributed by atoms with Gasteiger partial charge in [-0.05, 0) is 23.8 Å². The van der Waals surface area contributed by atoms with Gasteiger partial charge in [-0.15, -0.1) is 0 Å². The third-order valence-electron chi connectivity index (χ3n) is 5.53. The van der Waals surface area contributed by atoms with Gasteiger partial charge in [0.1, 0.15) is 5.82 Å². The average Bonchev–Trinajstić information content (AvgIpc) is 3.24. The first-order valence-electron chi connectivity index (χ1n) is 10.8. The number of carbonyl (C=O) groups is 2. The van der Waals surface area contributed by atoms with Crippen LogP contribution in [0.15, 0.2) is 60.7 Å². The number of hydrogen-bond acceptors (Lipinski definition) is 4. The predicted molar refractivity (Wildman–Crippen MR) is 125 cm³/mol. The quantitative estimate of drug-likeness (QED) is 0.618. The molecule has 0 atom stereocenters. The molecule has 2 aromatic carbocycles. The van der Waals surface area contributed by atoms with Gasteiger partial charge in [0.05, 0.1) is 5.69 Å². The molecular weight excluding hydrogens is 426 g/mol. The van der Waals surface area contributed by atoms with E-state index in [2.05, 4.69) is 15.3 Å². The van der Waals surface area contributed by atoms with Gasteiger partial charge in [0, 0.05) is 50.2 Å². The highest BCUT2D eigenvalue weighted by molar-refractivity contribution is 6.31. The second kappa shape index (κ2) is 9.97. The molecule has 1 aliphatic heterocycles. The minimum absolute atomic E-state index is 0.130. The number of anilines is 1. The van der Waals surface area contributed by atoms with Crippen molar-refractivity contribution in [3.8, 4) is 5.69 Å². The summed E-state index contributed by atoms with van der Waals surface area (Å²) in [5, 5.41) is 8.13. The number of aromatic nitrogens is 2. The standard InChI is InChI=1S/C24H26ClN5O2/c1-2-23(31)26-22-16-21(27-30(22)19-9-4-3-5-10-19)24(32)29-14-12-28(13-15-29)17-18-8-6-7-11-20(18)25/h3-11,16H,2,12-15,17H2,1H3,(H,26,31).